The van der Waals surface area contributed by atoms with E-state index in [0.29, 0.717) is 17.4 Å². The Morgan fingerprint density at radius 3 is 2.84 bits per heavy atom. The summed E-state index contributed by atoms with van der Waals surface area (Å²) in [6.45, 7) is 4.00. The molecule has 0 unspecified atom stereocenters. The lowest BCUT2D eigenvalue weighted by Gasteiger charge is -2.15. The first-order valence-corrected chi connectivity index (χ1v) is 6.48. The zero-order chi connectivity index (χ0) is 14.0. The van der Waals surface area contributed by atoms with E-state index in [4.69, 9.17) is 12.2 Å². The van der Waals surface area contributed by atoms with Crippen LogP contribution in [0.4, 0.5) is 0 Å². The number of H-pyrrole nitrogens is 1. The fourth-order valence-electron chi connectivity index (χ4n) is 1.97. The quantitative estimate of drug-likeness (QED) is 0.840. The molecule has 1 aromatic heterocycles. The second-order valence-electron chi connectivity index (χ2n) is 4.22. The predicted molar refractivity (Wildman–Crippen MR) is 76.8 cm³/mol. The predicted octanol–water partition coefficient (Wildman–Crippen LogP) is 1.76. The third-order valence-corrected chi connectivity index (χ3v) is 3.25. The standard InChI is InChI=1S/C13H15N3O2S/c1-3-14-11(17)8(2)16-12(18)9-6-4-5-7-10(9)15-13(16)19/h4-8H,3H2,1-2H3,(H,14,17)(H,15,19)/t8-/m1/s1. The maximum Gasteiger partial charge on any atom is 0.262 e. The molecule has 0 fully saturated rings. The number of likely N-dealkylation sites (N-methyl/N-ethyl adjacent to an activating group) is 1. The minimum Gasteiger partial charge on any atom is -0.355 e. The molecule has 1 amide bonds. The number of aromatic amines is 1. The number of nitrogens with zero attached hydrogens (tertiary/aromatic N) is 1. The van der Waals surface area contributed by atoms with Crippen molar-refractivity contribution in [2.75, 3.05) is 6.54 Å². The van der Waals surface area contributed by atoms with Gasteiger partial charge in [-0.25, -0.2) is 0 Å². The van der Waals surface area contributed by atoms with E-state index in [1.807, 2.05) is 13.0 Å². The number of carbonyl (C=O) groups excluding carboxylic acids is 1. The Bertz CT molecular complexity index is 732. The summed E-state index contributed by atoms with van der Waals surface area (Å²) in [5.74, 6) is -0.223. The van der Waals surface area contributed by atoms with Crippen molar-refractivity contribution < 1.29 is 4.79 Å². The van der Waals surface area contributed by atoms with Gasteiger partial charge in [0.1, 0.15) is 6.04 Å². The number of carbonyl (C=O) groups is 1. The summed E-state index contributed by atoms with van der Waals surface area (Å²) in [7, 11) is 0. The van der Waals surface area contributed by atoms with E-state index in [0.717, 1.165) is 0 Å². The van der Waals surface area contributed by atoms with Gasteiger partial charge in [-0.05, 0) is 38.2 Å². The number of hydrogen-bond donors (Lipinski definition) is 2. The zero-order valence-electron chi connectivity index (χ0n) is 10.8. The summed E-state index contributed by atoms with van der Waals surface area (Å²) < 4.78 is 1.56. The lowest BCUT2D eigenvalue weighted by Crippen LogP contribution is -2.36. The molecule has 2 N–H and O–H groups in total. The normalized spacial score (nSPS) is 12.3. The third-order valence-electron chi connectivity index (χ3n) is 2.95. The van der Waals surface area contributed by atoms with Crippen LogP contribution in [0, 0.1) is 4.77 Å². The molecule has 0 spiro atoms. The molecule has 0 saturated carbocycles. The van der Waals surface area contributed by atoms with Crippen LogP contribution in [0.25, 0.3) is 10.9 Å². The van der Waals surface area contributed by atoms with Gasteiger partial charge in [-0.1, -0.05) is 12.1 Å². The summed E-state index contributed by atoms with van der Waals surface area (Å²) in [4.78, 5) is 27.2. The average Bonchev–Trinajstić information content (AvgIpc) is 2.38. The molecule has 1 heterocycles. The molecule has 0 aliphatic carbocycles. The zero-order valence-corrected chi connectivity index (χ0v) is 11.6. The number of amides is 1. The van der Waals surface area contributed by atoms with Gasteiger partial charge in [0.05, 0.1) is 10.9 Å². The summed E-state index contributed by atoms with van der Waals surface area (Å²) in [5.41, 5.74) is 0.426. The van der Waals surface area contributed by atoms with Gasteiger partial charge in [0.2, 0.25) is 5.91 Å². The topological polar surface area (TPSA) is 66.9 Å². The van der Waals surface area contributed by atoms with Crippen LogP contribution in [0.15, 0.2) is 29.1 Å². The van der Waals surface area contributed by atoms with Gasteiger partial charge in [-0.15, -0.1) is 0 Å². The van der Waals surface area contributed by atoms with Crippen molar-refractivity contribution in [2.24, 2.45) is 0 Å². The molecule has 0 saturated heterocycles. The van der Waals surface area contributed by atoms with Gasteiger partial charge in [0.25, 0.3) is 5.56 Å². The molecule has 2 rings (SSSR count). The Balaban J connectivity index is 2.64. The highest BCUT2D eigenvalue weighted by molar-refractivity contribution is 7.71. The van der Waals surface area contributed by atoms with Gasteiger partial charge >= 0.3 is 0 Å². The average molecular weight is 277 g/mol. The number of hydrogen-bond acceptors (Lipinski definition) is 3. The Morgan fingerprint density at radius 1 is 1.47 bits per heavy atom. The van der Waals surface area contributed by atoms with E-state index in [-0.39, 0.29) is 16.2 Å². The maximum atomic E-state index is 12.4. The third kappa shape index (κ3) is 2.44. The van der Waals surface area contributed by atoms with E-state index >= 15 is 0 Å². The largest absolute Gasteiger partial charge is 0.355 e. The smallest absolute Gasteiger partial charge is 0.262 e. The summed E-state index contributed by atoms with van der Waals surface area (Å²) in [5, 5.41) is 3.21. The van der Waals surface area contributed by atoms with Crippen LogP contribution >= 0.6 is 12.2 Å². The first kappa shape index (κ1) is 13.5. The Labute approximate surface area is 115 Å². The summed E-state index contributed by atoms with van der Waals surface area (Å²) in [6, 6.07) is 6.46. The van der Waals surface area contributed by atoms with Crippen molar-refractivity contribution in [3.63, 3.8) is 0 Å². The molecule has 0 aliphatic heterocycles. The number of para-hydroxylation sites is 1. The first-order chi connectivity index (χ1) is 9.06. The fraction of sp³-hybridized carbons (Fsp3) is 0.308. The summed E-state index contributed by atoms with van der Waals surface area (Å²) in [6.07, 6.45) is 0. The molecule has 100 valence electrons. The second kappa shape index (κ2) is 5.36. The van der Waals surface area contributed by atoms with E-state index in [1.165, 1.54) is 4.57 Å². The fourth-order valence-corrected chi connectivity index (χ4v) is 2.32. The molecule has 2 aromatic rings. The van der Waals surface area contributed by atoms with Crippen LogP contribution in [0.2, 0.25) is 0 Å². The van der Waals surface area contributed by atoms with Crippen LogP contribution < -0.4 is 10.9 Å². The Morgan fingerprint density at radius 2 is 2.16 bits per heavy atom. The molecule has 5 nitrogen and oxygen atoms in total. The van der Waals surface area contributed by atoms with Crippen molar-refractivity contribution in [1.82, 2.24) is 14.9 Å². The van der Waals surface area contributed by atoms with Gasteiger partial charge < -0.3 is 10.3 Å². The molecule has 1 atom stereocenters. The van der Waals surface area contributed by atoms with E-state index < -0.39 is 6.04 Å². The molecular weight excluding hydrogens is 262 g/mol. The van der Waals surface area contributed by atoms with Crippen molar-refractivity contribution in [3.05, 3.63) is 39.4 Å². The summed E-state index contributed by atoms with van der Waals surface area (Å²) >= 11 is 5.17. The van der Waals surface area contributed by atoms with E-state index in [2.05, 4.69) is 10.3 Å². The van der Waals surface area contributed by atoms with Crippen LogP contribution in [-0.4, -0.2) is 22.0 Å². The van der Waals surface area contributed by atoms with E-state index in [1.54, 1.807) is 25.1 Å². The van der Waals surface area contributed by atoms with Crippen molar-refractivity contribution in [1.29, 1.82) is 0 Å². The van der Waals surface area contributed by atoms with Gasteiger partial charge in [-0.3, -0.25) is 14.2 Å². The molecule has 1 aromatic carbocycles. The number of rotatable bonds is 3. The lowest BCUT2D eigenvalue weighted by molar-refractivity contribution is -0.123. The Hall–Kier alpha value is -1.95. The molecule has 6 heteroatoms. The molecular formula is C13H15N3O2S. The maximum absolute atomic E-state index is 12.4. The number of nitrogens with one attached hydrogen (secondary N) is 2. The van der Waals surface area contributed by atoms with Crippen LogP contribution in [0.5, 0.6) is 0 Å². The van der Waals surface area contributed by atoms with E-state index in [9.17, 15) is 9.59 Å². The highest BCUT2D eigenvalue weighted by Crippen LogP contribution is 2.09. The molecule has 19 heavy (non-hydrogen) atoms. The monoisotopic (exact) mass is 277 g/mol. The highest BCUT2D eigenvalue weighted by atomic mass is 32.1. The van der Waals surface area contributed by atoms with Gasteiger partial charge in [0, 0.05) is 6.54 Å². The minimum absolute atomic E-state index is 0.223. The Kier molecular flexibility index (Phi) is 3.80. The van der Waals surface area contributed by atoms with Crippen molar-refractivity contribution in [3.8, 4) is 0 Å². The van der Waals surface area contributed by atoms with Crippen LogP contribution in [-0.2, 0) is 4.79 Å². The SMILES string of the molecule is CCNC(=O)[C@@H](C)n1c(=S)[nH]c2ccccc2c1=O. The van der Waals surface area contributed by atoms with Crippen molar-refractivity contribution >= 4 is 29.0 Å². The number of aromatic nitrogens is 2. The highest BCUT2D eigenvalue weighted by Gasteiger charge is 2.17. The van der Waals surface area contributed by atoms with Gasteiger partial charge in [-0.2, -0.15) is 0 Å². The number of fused-ring (bicyclic) bond motifs is 1. The lowest BCUT2D eigenvalue weighted by atomic mass is 10.2. The van der Waals surface area contributed by atoms with Crippen LogP contribution in [0.3, 0.4) is 0 Å². The van der Waals surface area contributed by atoms with Crippen LogP contribution in [0.1, 0.15) is 19.9 Å². The molecule has 0 radical (unpaired) electrons. The molecule has 0 bridgehead atoms. The van der Waals surface area contributed by atoms with Gasteiger partial charge in [0.15, 0.2) is 4.77 Å². The number of benzene rings is 1. The minimum atomic E-state index is -0.638. The first-order valence-electron chi connectivity index (χ1n) is 6.07. The van der Waals surface area contributed by atoms with Crippen molar-refractivity contribution in [2.45, 2.75) is 19.9 Å². The molecule has 0 aliphatic rings. The second-order valence-corrected chi connectivity index (χ2v) is 4.61.